The van der Waals surface area contributed by atoms with E-state index in [9.17, 15) is 0 Å². The number of rotatable bonds is 0. The molecule has 0 aromatic heterocycles. The van der Waals surface area contributed by atoms with Gasteiger partial charge in [0.25, 0.3) is 0 Å². The lowest BCUT2D eigenvalue weighted by atomic mass is 9.46. The molecule has 3 atom stereocenters. The maximum atomic E-state index is 8.00. The van der Waals surface area contributed by atoms with E-state index in [-0.39, 0.29) is 0 Å². The molecule has 3 unspecified atom stereocenters. The maximum Gasteiger partial charge on any atom is 0.106 e. The first-order chi connectivity index (χ1) is 5.50. The van der Waals surface area contributed by atoms with Gasteiger partial charge in [-0.3, -0.25) is 0 Å². The molecule has 0 saturated heterocycles. The SMILES string of the molecule is C=O.CC1C2CCC1(C)C2(C)C. The Balaban J connectivity index is 0.000000336. The number of fused-ring (bicyclic) bond motifs is 1. The monoisotopic (exact) mass is 168 g/mol. The van der Waals surface area contributed by atoms with Crippen LogP contribution in [0.3, 0.4) is 0 Å². The van der Waals surface area contributed by atoms with Gasteiger partial charge < -0.3 is 4.79 Å². The predicted octanol–water partition coefficient (Wildman–Crippen LogP) is 2.89. The van der Waals surface area contributed by atoms with Crippen LogP contribution in [0.25, 0.3) is 0 Å². The highest BCUT2D eigenvalue weighted by atomic mass is 16.1. The van der Waals surface area contributed by atoms with Crippen molar-refractivity contribution in [2.45, 2.75) is 40.5 Å². The Bertz CT molecular complexity index is 185. The highest BCUT2D eigenvalue weighted by Crippen LogP contribution is 2.73. The van der Waals surface area contributed by atoms with Gasteiger partial charge >= 0.3 is 0 Å². The van der Waals surface area contributed by atoms with E-state index in [1.54, 1.807) is 0 Å². The van der Waals surface area contributed by atoms with Crippen LogP contribution in [-0.4, -0.2) is 6.79 Å². The molecule has 0 amide bonds. The molecule has 3 rings (SSSR count). The van der Waals surface area contributed by atoms with Gasteiger partial charge in [-0.25, -0.2) is 0 Å². The zero-order valence-electron chi connectivity index (χ0n) is 8.68. The zero-order valence-corrected chi connectivity index (χ0v) is 8.68. The molecule has 3 aliphatic carbocycles. The minimum atomic E-state index is 0.659. The lowest BCUT2D eigenvalue weighted by Crippen LogP contribution is -2.53. The number of hydrogen-bond donors (Lipinski definition) is 0. The molecule has 0 radical (unpaired) electrons. The summed E-state index contributed by atoms with van der Waals surface area (Å²) in [4.78, 5) is 8.00. The lowest BCUT2D eigenvalue weighted by molar-refractivity contribution is -0.107. The van der Waals surface area contributed by atoms with Crippen LogP contribution in [0.2, 0.25) is 0 Å². The maximum absolute atomic E-state index is 8.00. The Labute approximate surface area is 75.5 Å². The summed E-state index contributed by atoms with van der Waals surface area (Å²) in [5, 5.41) is 0. The highest BCUT2D eigenvalue weighted by molar-refractivity contribution is 5.14. The van der Waals surface area contributed by atoms with Crippen LogP contribution in [0.1, 0.15) is 40.5 Å². The summed E-state index contributed by atoms with van der Waals surface area (Å²) in [6, 6.07) is 0. The molecular weight excluding hydrogens is 148 g/mol. The van der Waals surface area contributed by atoms with Crippen LogP contribution in [-0.2, 0) is 4.79 Å². The second-order valence-electron chi connectivity index (χ2n) is 5.07. The van der Waals surface area contributed by atoms with E-state index >= 15 is 0 Å². The molecule has 3 fully saturated rings. The van der Waals surface area contributed by atoms with Crippen molar-refractivity contribution in [2.24, 2.45) is 22.7 Å². The first-order valence-electron chi connectivity index (χ1n) is 4.79. The van der Waals surface area contributed by atoms with Gasteiger partial charge in [-0.05, 0) is 35.5 Å². The second kappa shape index (κ2) is 2.58. The van der Waals surface area contributed by atoms with E-state index in [4.69, 9.17) is 4.79 Å². The molecule has 12 heavy (non-hydrogen) atoms. The molecule has 0 N–H and O–H groups in total. The molecule has 1 heteroatoms. The van der Waals surface area contributed by atoms with Crippen LogP contribution in [0.4, 0.5) is 0 Å². The first kappa shape index (κ1) is 9.76. The molecule has 0 aromatic carbocycles. The fourth-order valence-corrected chi connectivity index (χ4v) is 3.60. The molecule has 0 aliphatic heterocycles. The molecule has 70 valence electrons. The van der Waals surface area contributed by atoms with Crippen molar-refractivity contribution in [2.75, 3.05) is 0 Å². The van der Waals surface area contributed by atoms with E-state index in [0.29, 0.717) is 10.8 Å². The van der Waals surface area contributed by atoms with Crippen molar-refractivity contribution < 1.29 is 4.79 Å². The summed E-state index contributed by atoms with van der Waals surface area (Å²) in [5.41, 5.74) is 1.35. The van der Waals surface area contributed by atoms with Gasteiger partial charge in [0.05, 0.1) is 0 Å². The highest BCUT2D eigenvalue weighted by Gasteiger charge is 2.66. The summed E-state index contributed by atoms with van der Waals surface area (Å²) in [5.74, 6) is 2.04. The Hall–Kier alpha value is -0.330. The molecule has 0 aromatic rings. The molecular formula is C11H20O. The summed E-state index contributed by atoms with van der Waals surface area (Å²) in [6.45, 7) is 11.8. The molecule has 0 heterocycles. The summed E-state index contributed by atoms with van der Waals surface area (Å²) in [6.07, 6.45) is 2.97. The number of carbonyl (C=O) groups excluding carboxylic acids is 1. The first-order valence-corrected chi connectivity index (χ1v) is 4.79. The third-order valence-corrected chi connectivity index (χ3v) is 4.98. The van der Waals surface area contributed by atoms with Gasteiger partial charge in [-0.2, -0.15) is 0 Å². The van der Waals surface area contributed by atoms with E-state index in [1.807, 2.05) is 6.79 Å². The Morgan fingerprint density at radius 2 is 1.75 bits per heavy atom. The van der Waals surface area contributed by atoms with E-state index in [2.05, 4.69) is 27.7 Å². The van der Waals surface area contributed by atoms with Gasteiger partial charge in [0.2, 0.25) is 0 Å². The quantitative estimate of drug-likeness (QED) is 0.543. The predicted molar refractivity (Wildman–Crippen MR) is 50.9 cm³/mol. The minimum Gasteiger partial charge on any atom is -0.307 e. The lowest BCUT2D eigenvalue weighted by Gasteiger charge is -2.59. The van der Waals surface area contributed by atoms with Gasteiger partial charge in [0.1, 0.15) is 6.79 Å². The average Bonchev–Trinajstić information content (AvgIpc) is 2.47. The van der Waals surface area contributed by atoms with Crippen LogP contribution in [0.15, 0.2) is 0 Å². The molecule has 3 aliphatic rings. The van der Waals surface area contributed by atoms with Crippen LogP contribution >= 0.6 is 0 Å². The fourth-order valence-electron chi connectivity index (χ4n) is 3.60. The third-order valence-electron chi connectivity index (χ3n) is 4.98. The van der Waals surface area contributed by atoms with E-state index in [1.165, 1.54) is 12.8 Å². The summed E-state index contributed by atoms with van der Waals surface area (Å²) in [7, 11) is 0. The van der Waals surface area contributed by atoms with E-state index < -0.39 is 0 Å². The Morgan fingerprint density at radius 3 is 1.83 bits per heavy atom. The van der Waals surface area contributed by atoms with Gasteiger partial charge in [-0.1, -0.05) is 27.7 Å². The molecule has 0 spiro atoms. The van der Waals surface area contributed by atoms with Crippen LogP contribution in [0.5, 0.6) is 0 Å². The topological polar surface area (TPSA) is 17.1 Å². The largest absolute Gasteiger partial charge is 0.307 e. The molecule has 3 saturated carbocycles. The number of hydrogen-bond acceptors (Lipinski definition) is 1. The van der Waals surface area contributed by atoms with Gasteiger partial charge in [0.15, 0.2) is 0 Å². The molecule has 2 bridgehead atoms. The normalized spacial score (nSPS) is 47.3. The van der Waals surface area contributed by atoms with Crippen molar-refractivity contribution in [3.05, 3.63) is 0 Å². The van der Waals surface area contributed by atoms with Crippen molar-refractivity contribution in [1.29, 1.82) is 0 Å². The fraction of sp³-hybridized carbons (Fsp3) is 0.909. The third kappa shape index (κ3) is 0.773. The van der Waals surface area contributed by atoms with Crippen LogP contribution < -0.4 is 0 Å². The van der Waals surface area contributed by atoms with Gasteiger partial charge in [0, 0.05) is 0 Å². The standard InChI is InChI=1S/C10H18.CH2O/c1-7-8-5-6-10(7,4)9(8,2)3;1-2/h7-8H,5-6H2,1-4H3;1H2. The Kier molecular flexibility index (Phi) is 2.10. The zero-order chi connectivity index (χ0) is 9.57. The minimum absolute atomic E-state index is 0.659. The van der Waals surface area contributed by atoms with Crippen molar-refractivity contribution in [3.63, 3.8) is 0 Å². The van der Waals surface area contributed by atoms with Gasteiger partial charge in [-0.15, -0.1) is 0 Å². The van der Waals surface area contributed by atoms with Crippen molar-refractivity contribution >= 4 is 6.79 Å². The van der Waals surface area contributed by atoms with E-state index in [0.717, 1.165) is 11.8 Å². The van der Waals surface area contributed by atoms with Crippen molar-refractivity contribution in [3.8, 4) is 0 Å². The number of carbonyl (C=O) groups is 1. The van der Waals surface area contributed by atoms with Crippen LogP contribution in [0, 0.1) is 22.7 Å². The summed E-state index contributed by atoms with van der Waals surface area (Å²) >= 11 is 0. The van der Waals surface area contributed by atoms with Crippen molar-refractivity contribution in [1.82, 2.24) is 0 Å². The average molecular weight is 168 g/mol. The smallest absolute Gasteiger partial charge is 0.106 e. The Morgan fingerprint density at radius 1 is 1.25 bits per heavy atom. The summed E-state index contributed by atoms with van der Waals surface area (Å²) < 4.78 is 0. The second-order valence-corrected chi connectivity index (χ2v) is 5.07. The molecule has 1 nitrogen and oxygen atoms in total.